The van der Waals surface area contributed by atoms with Gasteiger partial charge in [0.2, 0.25) is 0 Å². The molecule has 1 fully saturated rings. The van der Waals surface area contributed by atoms with Crippen LogP contribution in [0.3, 0.4) is 0 Å². The van der Waals surface area contributed by atoms with Crippen molar-refractivity contribution in [2.45, 2.75) is 44.9 Å². The zero-order chi connectivity index (χ0) is 20.2. The average molecular weight is 387 g/mol. The molecule has 0 amide bonds. The molecule has 0 spiro atoms. The molecule has 1 aliphatic rings. The third kappa shape index (κ3) is 4.56. The number of rotatable bonds is 5. The lowest BCUT2D eigenvalue weighted by atomic mass is 9.77. The zero-order valence-corrected chi connectivity index (χ0v) is 17.1. The molecule has 3 aromatic carbocycles. The number of anilines is 2. The molecule has 0 bridgehead atoms. The third-order valence-corrected chi connectivity index (χ3v) is 6.26. The van der Waals surface area contributed by atoms with Crippen LogP contribution in [0.15, 0.2) is 66.7 Å². The number of hydrogen-bond acceptors (Lipinski definition) is 3. The van der Waals surface area contributed by atoms with Crippen LogP contribution in [0, 0.1) is 5.92 Å². The fourth-order valence-corrected chi connectivity index (χ4v) is 4.35. The lowest BCUT2D eigenvalue weighted by Gasteiger charge is -2.28. The third-order valence-electron chi connectivity index (χ3n) is 6.26. The van der Waals surface area contributed by atoms with Crippen molar-refractivity contribution in [3.8, 4) is 22.6 Å². The van der Waals surface area contributed by atoms with Gasteiger partial charge in [-0.05, 0) is 84.5 Å². The summed E-state index contributed by atoms with van der Waals surface area (Å²) in [5.74, 6) is 3.05. The fourth-order valence-electron chi connectivity index (χ4n) is 4.35. The van der Waals surface area contributed by atoms with Gasteiger partial charge in [0, 0.05) is 5.69 Å². The van der Waals surface area contributed by atoms with Gasteiger partial charge in [-0.1, -0.05) is 49.7 Å². The first-order valence-corrected chi connectivity index (χ1v) is 10.7. The number of nitrogens with two attached hydrogens (primary N) is 2. The quantitative estimate of drug-likeness (QED) is 0.464. The van der Waals surface area contributed by atoms with Gasteiger partial charge in [-0.2, -0.15) is 0 Å². The summed E-state index contributed by atoms with van der Waals surface area (Å²) in [4.78, 5) is 0. The molecule has 0 radical (unpaired) electrons. The van der Waals surface area contributed by atoms with Crippen molar-refractivity contribution in [3.05, 3.63) is 72.3 Å². The zero-order valence-electron chi connectivity index (χ0n) is 17.1. The van der Waals surface area contributed by atoms with Crippen LogP contribution >= 0.6 is 0 Å². The molecule has 0 heterocycles. The highest BCUT2D eigenvalue weighted by atomic mass is 16.5. The van der Waals surface area contributed by atoms with Crippen molar-refractivity contribution in [2.24, 2.45) is 5.92 Å². The van der Waals surface area contributed by atoms with E-state index in [-0.39, 0.29) is 0 Å². The van der Waals surface area contributed by atoms with Gasteiger partial charge in [-0.3, -0.25) is 0 Å². The predicted octanol–water partition coefficient (Wildman–Crippen LogP) is 6.99. The van der Waals surface area contributed by atoms with E-state index in [0.29, 0.717) is 17.1 Å². The Morgan fingerprint density at radius 1 is 0.793 bits per heavy atom. The topological polar surface area (TPSA) is 61.3 Å². The molecule has 0 unspecified atom stereocenters. The maximum Gasteiger partial charge on any atom is 0.150 e. The predicted molar refractivity (Wildman–Crippen MR) is 122 cm³/mol. The van der Waals surface area contributed by atoms with Crippen molar-refractivity contribution < 1.29 is 4.74 Å². The normalized spacial score (nSPS) is 19.1. The minimum Gasteiger partial charge on any atom is -0.455 e. The Balaban J connectivity index is 1.42. The van der Waals surface area contributed by atoms with Crippen molar-refractivity contribution >= 4 is 11.4 Å². The average Bonchev–Trinajstić information content (AvgIpc) is 2.76. The molecule has 0 saturated heterocycles. The largest absolute Gasteiger partial charge is 0.455 e. The molecule has 3 aromatic rings. The Morgan fingerprint density at radius 2 is 1.41 bits per heavy atom. The van der Waals surface area contributed by atoms with E-state index in [2.05, 4.69) is 43.3 Å². The van der Waals surface area contributed by atoms with E-state index in [1.807, 2.05) is 12.1 Å². The molecule has 4 rings (SSSR count). The van der Waals surface area contributed by atoms with Gasteiger partial charge in [0.15, 0.2) is 0 Å². The second-order valence-corrected chi connectivity index (χ2v) is 8.17. The number of ether oxygens (including phenoxy) is 1. The van der Waals surface area contributed by atoms with Crippen LogP contribution in [0.2, 0.25) is 0 Å². The summed E-state index contributed by atoms with van der Waals surface area (Å²) in [6, 6.07) is 22.5. The monoisotopic (exact) mass is 386 g/mol. The summed E-state index contributed by atoms with van der Waals surface area (Å²) < 4.78 is 5.89. The first-order valence-electron chi connectivity index (χ1n) is 10.7. The summed E-state index contributed by atoms with van der Waals surface area (Å²) in [6.07, 6.45) is 6.75. The minimum atomic E-state index is 0.539. The smallest absolute Gasteiger partial charge is 0.150 e. The Hall–Kier alpha value is -2.94. The summed E-state index contributed by atoms with van der Waals surface area (Å²) in [5.41, 5.74) is 16.8. The first kappa shape index (κ1) is 19.4. The molecule has 29 heavy (non-hydrogen) atoms. The highest BCUT2D eigenvalue weighted by molar-refractivity contribution is 5.65. The summed E-state index contributed by atoms with van der Waals surface area (Å²) in [5, 5.41) is 0. The van der Waals surface area contributed by atoms with Gasteiger partial charge in [-0.25, -0.2) is 0 Å². The highest BCUT2D eigenvalue weighted by Crippen LogP contribution is 2.37. The van der Waals surface area contributed by atoms with E-state index in [4.69, 9.17) is 16.2 Å². The summed E-state index contributed by atoms with van der Waals surface area (Å²) >= 11 is 0. The van der Waals surface area contributed by atoms with Crippen LogP contribution in [-0.4, -0.2) is 0 Å². The minimum absolute atomic E-state index is 0.539. The summed E-state index contributed by atoms with van der Waals surface area (Å²) in [7, 11) is 0. The van der Waals surface area contributed by atoms with Crippen LogP contribution in [-0.2, 0) is 0 Å². The van der Waals surface area contributed by atoms with E-state index in [0.717, 1.165) is 17.6 Å². The lowest BCUT2D eigenvalue weighted by Crippen LogP contribution is -2.12. The first-order chi connectivity index (χ1) is 14.1. The molecular formula is C26H30N2O. The SMILES string of the molecule is CCC1CCC(c2ccc(-c3ccc(Oc4ccc(N)cc4N)cc3)cc2)CC1. The standard InChI is InChI=1S/C26H30N2O/c1-2-18-3-5-19(6-4-18)20-7-9-21(10-8-20)22-11-14-24(15-12-22)29-26-16-13-23(27)17-25(26)28/h7-19H,2-6,27-28H2,1H3. The van der Waals surface area contributed by atoms with Crippen LogP contribution < -0.4 is 16.2 Å². The van der Waals surface area contributed by atoms with Crippen molar-refractivity contribution in [3.63, 3.8) is 0 Å². The fraction of sp³-hybridized carbons (Fsp3) is 0.308. The van der Waals surface area contributed by atoms with Crippen molar-refractivity contribution in [1.29, 1.82) is 0 Å². The maximum absolute atomic E-state index is 5.98. The van der Waals surface area contributed by atoms with Gasteiger partial charge in [0.1, 0.15) is 11.5 Å². The number of nitrogen functional groups attached to an aromatic ring is 2. The second-order valence-electron chi connectivity index (χ2n) is 8.17. The van der Waals surface area contributed by atoms with Crippen molar-refractivity contribution in [1.82, 2.24) is 0 Å². The molecule has 4 N–H and O–H groups in total. The number of benzene rings is 3. The van der Waals surface area contributed by atoms with Crippen LogP contribution in [0.4, 0.5) is 11.4 Å². The van der Waals surface area contributed by atoms with E-state index in [1.165, 1.54) is 48.8 Å². The van der Waals surface area contributed by atoms with Gasteiger partial charge in [0.05, 0.1) is 5.69 Å². The van der Waals surface area contributed by atoms with E-state index >= 15 is 0 Å². The van der Waals surface area contributed by atoms with Crippen LogP contribution in [0.5, 0.6) is 11.5 Å². The molecule has 3 nitrogen and oxygen atoms in total. The van der Waals surface area contributed by atoms with Gasteiger partial charge >= 0.3 is 0 Å². The molecule has 0 atom stereocenters. The van der Waals surface area contributed by atoms with Crippen molar-refractivity contribution in [2.75, 3.05) is 11.5 Å². The molecule has 0 aromatic heterocycles. The van der Waals surface area contributed by atoms with E-state index in [1.54, 1.807) is 18.2 Å². The van der Waals surface area contributed by atoms with Crippen LogP contribution in [0.1, 0.15) is 50.5 Å². The molecule has 1 aliphatic carbocycles. The lowest BCUT2D eigenvalue weighted by molar-refractivity contribution is 0.319. The van der Waals surface area contributed by atoms with E-state index in [9.17, 15) is 0 Å². The molecule has 150 valence electrons. The Bertz CT molecular complexity index is 939. The molecule has 0 aliphatic heterocycles. The van der Waals surface area contributed by atoms with Crippen LogP contribution in [0.25, 0.3) is 11.1 Å². The Labute approximate surface area is 173 Å². The maximum atomic E-state index is 5.98. The van der Waals surface area contributed by atoms with Gasteiger partial charge in [0.25, 0.3) is 0 Å². The summed E-state index contributed by atoms with van der Waals surface area (Å²) in [6.45, 7) is 2.32. The molecule has 1 saturated carbocycles. The second kappa shape index (κ2) is 8.60. The highest BCUT2D eigenvalue weighted by Gasteiger charge is 2.21. The van der Waals surface area contributed by atoms with E-state index < -0.39 is 0 Å². The Morgan fingerprint density at radius 3 is 2.00 bits per heavy atom. The van der Waals surface area contributed by atoms with Gasteiger partial charge in [-0.15, -0.1) is 0 Å². The van der Waals surface area contributed by atoms with Gasteiger partial charge < -0.3 is 16.2 Å². The molecule has 3 heteroatoms. The Kier molecular flexibility index (Phi) is 5.75. The molecular weight excluding hydrogens is 356 g/mol. The number of hydrogen-bond donors (Lipinski definition) is 2.